The van der Waals surface area contributed by atoms with Crippen molar-refractivity contribution >= 4 is 0 Å². The molecule has 14 heavy (non-hydrogen) atoms. The highest BCUT2D eigenvalue weighted by Crippen LogP contribution is 2.26. The number of benzene rings is 1. The summed E-state index contributed by atoms with van der Waals surface area (Å²) in [6.07, 6.45) is 1.38. The van der Waals surface area contributed by atoms with E-state index >= 15 is 0 Å². The third kappa shape index (κ3) is 1.88. The molecule has 0 saturated carbocycles. The Kier molecular flexibility index (Phi) is 2.40. The summed E-state index contributed by atoms with van der Waals surface area (Å²) >= 11 is 0. The molecule has 72 valence electrons. The number of rotatable bonds is 3. The van der Waals surface area contributed by atoms with Crippen LogP contribution in [-0.2, 0) is 6.61 Å². The van der Waals surface area contributed by atoms with Crippen LogP contribution in [0.4, 0.5) is 0 Å². The molecule has 0 aliphatic carbocycles. The molecule has 0 radical (unpaired) electrons. The fraction of sp³-hybridized carbons (Fsp3) is 0.0909. The van der Waals surface area contributed by atoms with Gasteiger partial charge in [-0.15, -0.1) is 0 Å². The van der Waals surface area contributed by atoms with Crippen LogP contribution in [0.3, 0.4) is 0 Å². The lowest BCUT2D eigenvalue weighted by atomic mass is 10.2. The Morgan fingerprint density at radius 1 is 1.14 bits per heavy atom. The van der Waals surface area contributed by atoms with Gasteiger partial charge in [0, 0.05) is 6.07 Å². The zero-order valence-corrected chi connectivity index (χ0v) is 7.51. The van der Waals surface area contributed by atoms with Crippen LogP contribution in [0.1, 0.15) is 5.56 Å². The summed E-state index contributed by atoms with van der Waals surface area (Å²) in [4.78, 5) is 0. The number of hydrogen-bond donors (Lipinski definition) is 1. The highest BCUT2D eigenvalue weighted by molar-refractivity contribution is 5.29. The van der Waals surface area contributed by atoms with Crippen LogP contribution in [0.2, 0.25) is 0 Å². The van der Waals surface area contributed by atoms with E-state index in [1.807, 2.05) is 30.3 Å². The highest BCUT2D eigenvalue weighted by atomic mass is 16.5. The van der Waals surface area contributed by atoms with E-state index in [-0.39, 0.29) is 5.95 Å². The van der Waals surface area contributed by atoms with Gasteiger partial charge in [0.25, 0.3) is 0 Å². The van der Waals surface area contributed by atoms with E-state index in [1.54, 1.807) is 6.07 Å². The van der Waals surface area contributed by atoms with E-state index in [4.69, 9.17) is 9.84 Å². The van der Waals surface area contributed by atoms with Crippen LogP contribution in [0.15, 0.2) is 47.1 Å². The summed E-state index contributed by atoms with van der Waals surface area (Å²) in [6.45, 7) is 0.425. The second kappa shape index (κ2) is 3.87. The van der Waals surface area contributed by atoms with Crippen molar-refractivity contribution in [1.29, 1.82) is 0 Å². The van der Waals surface area contributed by atoms with Gasteiger partial charge in [-0.3, -0.25) is 0 Å². The minimum atomic E-state index is -0.180. The molecule has 1 aromatic heterocycles. The number of aromatic hydroxyl groups is 1. The second-order valence-electron chi connectivity index (χ2n) is 2.86. The van der Waals surface area contributed by atoms with Crippen LogP contribution in [0.25, 0.3) is 0 Å². The minimum absolute atomic E-state index is 0.180. The van der Waals surface area contributed by atoms with Gasteiger partial charge in [0.2, 0.25) is 5.75 Å². The van der Waals surface area contributed by atoms with Crippen molar-refractivity contribution in [2.75, 3.05) is 0 Å². The van der Waals surface area contributed by atoms with E-state index in [0.29, 0.717) is 12.4 Å². The summed E-state index contributed by atoms with van der Waals surface area (Å²) in [5, 5.41) is 9.14. The zero-order chi connectivity index (χ0) is 9.80. The first-order valence-corrected chi connectivity index (χ1v) is 4.29. The average molecular weight is 190 g/mol. The van der Waals surface area contributed by atoms with Crippen molar-refractivity contribution in [2.24, 2.45) is 0 Å². The largest absolute Gasteiger partial charge is 0.482 e. The summed E-state index contributed by atoms with van der Waals surface area (Å²) in [7, 11) is 0. The topological polar surface area (TPSA) is 42.6 Å². The molecule has 2 rings (SSSR count). The van der Waals surface area contributed by atoms with Crippen molar-refractivity contribution in [1.82, 2.24) is 0 Å². The molecule has 0 spiro atoms. The molecule has 1 heterocycles. The molecule has 0 saturated heterocycles. The van der Waals surface area contributed by atoms with Crippen molar-refractivity contribution in [3.8, 4) is 11.7 Å². The van der Waals surface area contributed by atoms with Gasteiger partial charge in [-0.25, -0.2) is 0 Å². The van der Waals surface area contributed by atoms with Gasteiger partial charge in [-0.05, 0) is 5.56 Å². The summed E-state index contributed by atoms with van der Waals surface area (Å²) in [5.41, 5.74) is 1.05. The first-order chi connectivity index (χ1) is 6.86. The lowest BCUT2D eigenvalue weighted by molar-refractivity contribution is 0.260. The quantitative estimate of drug-likeness (QED) is 0.808. The van der Waals surface area contributed by atoms with E-state index < -0.39 is 0 Å². The SMILES string of the molecule is Oc1occc1OCc1ccccc1. The van der Waals surface area contributed by atoms with Gasteiger partial charge < -0.3 is 14.3 Å². The Morgan fingerprint density at radius 3 is 2.57 bits per heavy atom. The maximum atomic E-state index is 9.14. The molecular weight excluding hydrogens is 180 g/mol. The summed E-state index contributed by atoms with van der Waals surface area (Å²) < 4.78 is 10.0. The smallest absolute Gasteiger partial charge is 0.326 e. The molecule has 0 aliphatic heterocycles. The molecular formula is C11H10O3. The fourth-order valence-corrected chi connectivity index (χ4v) is 1.13. The molecule has 1 N–H and O–H groups in total. The normalized spacial score (nSPS) is 10.0. The Bertz CT molecular complexity index is 392. The van der Waals surface area contributed by atoms with Crippen molar-refractivity contribution < 1.29 is 14.3 Å². The maximum absolute atomic E-state index is 9.14. The van der Waals surface area contributed by atoms with Gasteiger partial charge in [-0.1, -0.05) is 30.3 Å². The minimum Gasteiger partial charge on any atom is -0.482 e. The van der Waals surface area contributed by atoms with Crippen molar-refractivity contribution in [3.05, 3.63) is 48.2 Å². The number of furan rings is 1. The predicted octanol–water partition coefficient (Wildman–Crippen LogP) is 2.56. The van der Waals surface area contributed by atoms with Gasteiger partial charge in [-0.2, -0.15) is 0 Å². The molecule has 0 bridgehead atoms. The highest BCUT2D eigenvalue weighted by Gasteiger charge is 2.04. The van der Waals surface area contributed by atoms with Crippen LogP contribution in [0, 0.1) is 0 Å². The van der Waals surface area contributed by atoms with E-state index in [1.165, 1.54) is 6.26 Å². The first kappa shape index (κ1) is 8.69. The van der Waals surface area contributed by atoms with Crippen molar-refractivity contribution in [3.63, 3.8) is 0 Å². The molecule has 0 aliphatic rings. The Labute approximate surface area is 81.6 Å². The van der Waals surface area contributed by atoms with Crippen molar-refractivity contribution in [2.45, 2.75) is 6.61 Å². The average Bonchev–Trinajstić information content (AvgIpc) is 2.63. The Morgan fingerprint density at radius 2 is 1.93 bits per heavy atom. The molecule has 0 fully saturated rings. The molecule has 1 aromatic carbocycles. The zero-order valence-electron chi connectivity index (χ0n) is 7.51. The summed E-state index contributed by atoms with van der Waals surface area (Å²) in [6, 6.07) is 11.3. The van der Waals surface area contributed by atoms with Gasteiger partial charge >= 0.3 is 5.95 Å². The molecule has 3 heteroatoms. The van der Waals surface area contributed by atoms with E-state index in [2.05, 4.69) is 4.42 Å². The third-order valence-corrected chi connectivity index (χ3v) is 1.85. The van der Waals surface area contributed by atoms with Crippen LogP contribution in [0.5, 0.6) is 11.7 Å². The molecule has 3 nitrogen and oxygen atoms in total. The molecule has 0 unspecified atom stereocenters. The molecule has 2 aromatic rings. The second-order valence-corrected chi connectivity index (χ2v) is 2.86. The van der Waals surface area contributed by atoms with Crippen LogP contribution >= 0.6 is 0 Å². The first-order valence-electron chi connectivity index (χ1n) is 4.29. The molecule has 0 amide bonds. The lowest BCUT2D eigenvalue weighted by Gasteiger charge is -2.02. The van der Waals surface area contributed by atoms with Crippen LogP contribution in [-0.4, -0.2) is 5.11 Å². The lowest BCUT2D eigenvalue weighted by Crippen LogP contribution is -1.93. The Hall–Kier alpha value is -1.90. The van der Waals surface area contributed by atoms with E-state index in [9.17, 15) is 0 Å². The summed E-state index contributed by atoms with van der Waals surface area (Å²) in [5.74, 6) is 0.190. The van der Waals surface area contributed by atoms with Crippen LogP contribution < -0.4 is 4.74 Å². The van der Waals surface area contributed by atoms with E-state index in [0.717, 1.165) is 5.56 Å². The predicted molar refractivity (Wildman–Crippen MR) is 51.1 cm³/mol. The number of ether oxygens (including phenoxy) is 1. The maximum Gasteiger partial charge on any atom is 0.326 e. The number of hydrogen-bond acceptors (Lipinski definition) is 3. The van der Waals surface area contributed by atoms with Gasteiger partial charge in [0.15, 0.2) is 0 Å². The third-order valence-electron chi connectivity index (χ3n) is 1.85. The fourth-order valence-electron chi connectivity index (χ4n) is 1.13. The Balaban J connectivity index is 1.99. The van der Waals surface area contributed by atoms with Gasteiger partial charge in [0.1, 0.15) is 6.61 Å². The van der Waals surface area contributed by atoms with Gasteiger partial charge in [0.05, 0.1) is 6.26 Å². The standard InChI is InChI=1S/C11H10O3/c12-11-10(6-7-13-11)14-8-9-4-2-1-3-5-9/h1-7,12H,8H2. The monoisotopic (exact) mass is 190 g/mol. The molecule has 0 atom stereocenters.